The molecule has 1 saturated heterocycles. The Morgan fingerprint density at radius 1 is 0.755 bits per heavy atom. The Balaban J connectivity index is 0.000000237. The van der Waals surface area contributed by atoms with E-state index in [-0.39, 0.29) is 17.9 Å². The third-order valence-electron chi connectivity index (χ3n) is 8.98. The van der Waals surface area contributed by atoms with Gasteiger partial charge >= 0.3 is 12.1 Å². The van der Waals surface area contributed by atoms with Crippen LogP contribution in [-0.4, -0.2) is 105 Å². The van der Waals surface area contributed by atoms with Crippen LogP contribution in [0.3, 0.4) is 0 Å². The highest BCUT2D eigenvalue weighted by atomic mass is 16.5. The highest BCUT2D eigenvalue weighted by Crippen LogP contribution is 2.14. The van der Waals surface area contributed by atoms with Gasteiger partial charge < -0.3 is 30.3 Å². The topological polar surface area (TPSA) is 115 Å². The molecule has 0 bridgehead atoms. The van der Waals surface area contributed by atoms with E-state index < -0.39 is 12.1 Å². The SMILES string of the molecule is CNC(CN(CCNCc1ccccc1)Cc1ccccc1)C(=O)OC.COC(=O)NC1CN(Cc2ccccc2)CCN(Cc2ccccc2)C1=O. The molecule has 0 saturated carbocycles. The number of hydrogen-bond acceptors (Lipinski definition) is 9. The summed E-state index contributed by atoms with van der Waals surface area (Å²) in [5.74, 6) is -0.317. The summed E-state index contributed by atoms with van der Waals surface area (Å²) in [6, 6.07) is 39.7. The second kappa shape index (κ2) is 22.8. The molecule has 282 valence electrons. The van der Waals surface area contributed by atoms with Crippen molar-refractivity contribution in [1.29, 1.82) is 0 Å². The summed E-state index contributed by atoms with van der Waals surface area (Å²) in [5, 5.41) is 9.22. The fourth-order valence-corrected chi connectivity index (χ4v) is 6.10. The van der Waals surface area contributed by atoms with Gasteiger partial charge in [0.05, 0.1) is 14.2 Å². The van der Waals surface area contributed by atoms with Crippen LogP contribution in [0, 0.1) is 0 Å². The first kappa shape index (κ1) is 40.7. The first-order valence-electron chi connectivity index (χ1n) is 18.1. The summed E-state index contributed by atoms with van der Waals surface area (Å²) in [6.07, 6.45) is -0.588. The predicted octanol–water partition coefficient (Wildman–Crippen LogP) is 4.30. The van der Waals surface area contributed by atoms with Crippen molar-refractivity contribution in [2.45, 2.75) is 38.3 Å². The molecule has 0 aromatic heterocycles. The molecule has 5 rings (SSSR count). The number of methoxy groups -OCH3 is 2. The van der Waals surface area contributed by atoms with Gasteiger partial charge in [0.1, 0.15) is 12.1 Å². The third-order valence-corrected chi connectivity index (χ3v) is 8.98. The summed E-state index contributed by atoms with van der Waals surface area (Å²) in [7, 11) is 4.52. The van der Waals surface area contributed by atoms with Crippen LogP contribution in [-0.2, 0) is 45.2 Å². The molecule has 0 radical (unpaired) electrons. The first-order chi connectivity index (χ1) is 25.9. The molecule has 0 spiro atoms. The number of nitrogens with zero attached hydrogens (tertiary/aromatic N) is 3. The second-order valence-corrected chi connectivity index (χ2v) is 12.9. The monoisotopic (exact) mass is 722 g/mol. The third kappa shape index (κ3) is 14.5. The van der Waals surface area contributed by atoms with Gasteiger partial charge in [0.2, 0.25) is 5.91 Å². The Bertz CT molecular complexity index is 1630. The smallest absolute Gasteiger partial charge is 0.407 e. The molecular weight excluding hydrogens is 668 g/mol. The van der Waals surface area contributed by atoms with Gasteiger partial charge in [0.25, 0.3) is 0 Å². The molecule has 3 N–H and O–H groups in total. The lowest BCUT2D eigenvalue weighted by Crippen LogP contribution is -2.50. The van der Waals surface area contributed by atoms with Crippen molar-refractivity contribution in [3.05, 3.63) is 144 Å². The number of carbonyl (C=O) groups excluding carboxylic acids is 3. The van der Waals surface area contributed by atoms with Crippen molar-refractivity contribution in [2.75, 3.05) is 60.5 Å². The first-order valence-corrected chi connectivity index (χ1v) is 18.1. The number of rotatable bonds is 16. The Hall–Kier alpha value is -5.07. The van der Waals surface area contributed by atoms with Crippen LogP contribution in [0.2, 0.25) is 0 Å². The van der Waals surface area contributed by atoms with E-state index in [1.807, 2.05) is 84.9 Å². The Morgan fingerprint density at radius 3 is 1.85 bits per heavy atom. The molecule has 0 aliphatic carbocycles. The standard InChI is InChI=1S/C21H25N3O3.C21H29N3O2/c1-27-21(26)22-19-16-23(14-17-8-4-2-5-9-17)12-13-24(20(19)25)15-18-10-6-3-7-11-18;1-22-20(21(25)26-2)17-24(16-19-11-7-4-8-12-19)14-13-23-15-18-9-5-3-6-10-18/h2-11,19H,12-16H2,1H3,(H,22,26);3-12,20,22-23H,13-17H2,1-2H3. The average Bonchev–Trinajstić information content (AvgIpc) is 3.34. The number of carbonyl (C=O) groups is 3. The van der Waals surface area contributed by atoms with Gasteiger partial charge in [-0.2, -0.15) is 0 Å². The normalized spacial score (nSPS) is 15.1. The zero-order valence-corrected chi connectivity index (χ0v) is 31.2. The summed E-state index contributed by atoms with van der Waals surface area (Å²) in [5.41, 5.74) is 4.75. The molecule has 2 atom stereocenters. The number of amides is 2. The highest BCUT2D eigenvalue weighted by molar-refractivity contribution is 5.86. The van der Waals surface area contributed by atoms with Crippen molar-refractivity contribution in [3.63, 3.8) is 0 Å². The maximum absolute atomic E-state index is 13.0. The molecule has 2 unspecified atom stereocenters. The van der Waals surface area contributed by atoms with Crippen molar-refractivity contribution in [3.8, 4) is 0 Å². The molecule has 1 fully saturated rings. The Kier molecular flexibility index (Phi) is 17.5. The molecule has 11 heteroatoms. The maximum Gasteiger partial charge on any atom is 0.407 e. The quantitative estimate of drug-likeness (QED) is 0.115. The fourth-order valence-electron chi connectivity index (χ4n) is 6.10. The minimum atomic E-state index is -0.632. The molecule has 2 amide bonds. The van der Waals surface area contributed by atoms with Crippen LogP contribution in [0.4, 0.5) is 4.79 Å². The van der Waals surface area contributed by atoms with E-state index in [9.17, 15) is 14.4 Å². The van der Waals surface area contributed by atoms with Crippen LogP contribution in [0.5, 0.6) is 0 Å². The Morgan fingerprint density at radius 2 is 1.30 bits per heavy atom. The highest BCUT2D eigenvalue weighted by Gasteiger charge is 2.32. The van der Waals surface area contributed by atoms with Gasteiger partial charge in [0, 0.05) is 65.4 Å². The van der Waals surface area contributed by atoms with Gasteiger partial charge in [-0.05, 0) is 29.3 Å². The summed E-state index contributed by atoms with van der Waals surface area (Å²) < 4.78 is 9.60. The van der Waals surface area contributed by atoms with Gasteiger partial charge in [-0.3, -0.25) is 19.4 Å². The molecule has 1 aliphatic rings. The number of likely N-dealkylation sites (N-methyl/N-ethyl adjacent to an activating group) is 1. The maximum atomic E-state index is 13.0. The van der Waals surface area contributed by atoms with E-state index in [1.54, 1.807) is 11.9 Å². The number of benzene rings is 4. The fraction of sp³-hybridized carbons (Fsp3) is 0.357. The van der Waals surface area contributed by atoms with Crippen LogP contribution >= 0.6 is 0 Å². The van der Waals surface area contributed by atoms with E-state index in [4.69, 9.17) is 9.47 Å². The van der Waals surface area contributed by atoms with Crippen LogP contribution < -0.4 is 16.0 Å². The molecule has 1 heterocycles. The predicted molar refractivity (Wildman–Crippen MR) is 208 cm³/mol. The van der Waals surface area contributed by atoms with E-state index in [0.717, 1.165) is 44.8 Å². The zero-order chi connectivity index (χ0) is 37.7. The summed E-state index contributed by atoms with van der Waals surface area (Å²) in [4.78, 5) is 43.0. The lowest BCUT2D eigenvalue weighted by Gasteiger charge is -2.26. The molecular formula is C42H54N6O5. The molecule has 4 aromatic rings. The molecule has 11 nitrogen and oxygen atoms in total. The van der Waals surface area contributed by atoms with Crippen LogP contribution in [0.15, 0.2) is 121 Å². The number of ether oxygens (including phenoxy) is 2. The number of nitrogens with one attached hydrogen (secondary N) is 3. The number of alkyl carbamates (subject to hydrolysis) is 1. The van der Waals surface area contributed by atoms with Gasteiger partial charge in [0.15, 0.2) is 0 Å². The van der Waals surface area contributed by atoms with Crippen molar-refractivity contribution in [2.24, 2.45) is 0 Å². The molecule has 53 heavy (non-hydrogen) atoms. The van der Waals surface area contributed by atoms with Crippen LogP contribution in [0.25, 0.3) is 0 Å². The molecule has 1 aliphatic heterocycles. The summed E-state index contributed by atoms with van der Waals surface area (Å²) in [6.45, 7) is 6.99. The van der Waals surface area contributed by atoms with Crippen LogP contribution in [0.1, 0.15) is 22.3 Å². The van der Waals surface area contributed by atoms with Gasteiger partial charge in [-0.25, -0.2) is 4.79 Å². The average molecular weight is 723 g/mol. The van der Waals surface area contributed by atoms with Crippen molar-refractivity contribution >= 4 is 18.0 Å². The minimum Gasteiger partial charge on any atom is -0.468 e. The van der Waals surface area contributed by atoms with E-state index in [0.29, 0.717) is 26.2 Å². The second-order valence-electron chi connectivity index (χ2n) is 12.9. The summed E-state index contributed by atoms with van der Waals surface area (Å²) >= 11 is 0. The Labute approximate surface area is 314 Å². The van der Waals surface area contributed by atoms with Crippen molar-refractivity contribution < 1.29 is 23.9 Å². The van der Waals surface area contributed by atoms with E-state index in [2.05, 4.69) is 62.1 Å². The largest absolute Gasteiger partial charge is 0.468 e. The lowest BCUT2D eigenvalue weighted by molar-refractivity contribution is -0.143. The molecule has 4 aromatic carbocycles. The van der Waals surface area contributed by atoms with Gasteiger partial charge in [-0.1, -0.05) is 121 Å². The number of esters is 1. The minimum absolute atomic E-state index is 0.0835. The van der Waals surface area contributed by atoms with E-state index in [1.165, 1.54) is 30.9 Å². The van der Waals surface area contributed by atoms with Crippen molar-refractivity contribution in [1.82, 2.24) is 30.7 Å². The van der Waals surface area contributed by atoms with Gasteiger partial charge in [-0.15, -0.1) is 0 Å². The zero-order valence-electron chi connectivity index (χ0n) is 31.2. The number of hydrogen-bond donors (Lipinski definition) is 3. The van der Waals surface area contributed by atoms with E-state index >= 15 is 0 Å². The lowest BCUT2D eigenvalue weighted by atomic mass is 10.2.